The van der Waals surface area contributed by atoms with E-state index in [0.717, 1.165) is 24.5 Å². The number of aryl methyl sites for hydroxylation is 1. The van der Waals surface area contributed by atoms with Crippen LogP contribution in [0.25, 0.3) is 11.0 Å². The van der Waals surface area contributed by atoms with Crippen LogP contribution in [0.1, 0.15) is 62.1 Å². The highest BCUT2D eigenvalue weighted by molar-refractivity contribution is 5.98. The predicted molar refractivity (Wildman–Crippen MR) is 148 cm³/mol. The third kappa shape index (κ3) is 7.84. The standard InChI is InChI=1S/C24H28FN5O3.2C2H6/c1-15-3-4-18(13-20(15)25)28-16(2)19-11-17(24(32)26-5-8-31)12-21-23(19)29-22(14-27-21)30-6-9-33-10-7-30;2*1-2/h3-4,11-14,16,28,31H,5-10H2,1-2H3,(H,26,32);2*1-2H3. The third-order valence-electron chi connectivity index (χ3n) is 5.68. The number of aromatic nitrogens is 2. The minimum absolute atomic E-state index is 0.147. The highest BCUT2D eigenvalue weighted by Crippen LogP contribution is 2.29. The second kappa shape index (κ2) is 15.1. The summed E-state index contributed by atoms with van der Waals surface area (Å²) >= 11 is 0. The molecule has 0 spiro atoms. The molecule has 8 nitrogen and oxygen atoms in total. The van der Waals surface area contributed by atoms with Gasteiger partial charge >= 0.3 is 0 Å². The number of anilines is 2. The summed E-state index contributed by atoms with van der Waals surface area (Å²) in [6.07, 6.45) is 1.71. The summed E-state index contributed by atoms with van der Waals surface area (Å²) in [4.78, 5) is 24.2. The van der Waals surface area contributed by atoms with Crippen LogP contribution < -0.4 is 15.5 Å². The number of morpholine rings is 1. The number of aliphatic hydroxyl groups excluding tert-OH is 1. The summed E-state index contributed by atoms with van der Waals surface area (Å²) in [5, 5.41) is 15.0. The molecule has 37 heavy (non-hydrogen) atoms. The molecule has 0 aliphatic carbocycles. The maximum Gasteiger partial charge on any atom is 0.251 e. The van der Waals surface area contributed by atoms with Crippen molar-refractivity contribution in [3.63, 3.8) is 0 Å². The molecule has 1 saturated heterocycles. The number of nitrogens with zero attached hydrogens (tertiary/aromatic N) is 3. The van der Waals surface area contributed by atoms with Crippen molar-refractivity contribution in [3.05, 3.63) is 59.0 Å². The molecule has 202 valence electrons. The van der Waals surface area contributed by atoms with Gasteiger partial charge in [0.05, 0.1) is 43.1 Å². The Hall–Kier alpha value is -3.30. The van der Waals surface area contributed by atoms with E-state index < -0.39 is 0 Å². The lowest BCUT2D eigenvalue weighted by Crippen LogP contribution is -2.36. The Morgan fingerprint density at radius 3 is 2.51 bits per heavy atom. The number of hydrogen-bond acceptors (Lipinski definition) is 7. The van der Waals surface area contributed by atoms with E-state index in [2.05, 4.69) is 20.5 Å². The predicted octanol–water partition coefficient (Wildman–Crippen LogP) is 4.86. The van der Waals surface area contributed by atoms with E-state index in [1.807, 2.05) is 40.7 Å². The fourth-order valence-corrected chi connectivity index (χ4v) is 3.82. The van der Waals surface area contributed by atoms with Crippen molar-refractivity contribution in [1.29, 1.82) is 0 Å². The van der Waals surface area contributed by atoms with E-state index in [9.17, 15) is 9.18 Å². The zero-order valence-electron chi connectivity index (χ0n) is 22.8. The first-order valence-corrected chi connectivity index (χ1v) is 13.0. The number of fused-ring (bicyclic) bond motifs is 1. The number of rotatable bonds is 7. The summed E-state index contributed by atoms with van der Waals surface area (Å²) in [5.74, 6) is 0.154. The van der Waals surface area contributed by atoms with Gasteiger partial charge in [-0.15, -0.1) is 0 Å². The van der Waals surface area contributed by atoms with Crippen LogP contribution >= 0.6 is 0 Å². The molecule has 3 aromatic rings. The number of nitrogens with one attached hydrogen (secondary N) is 2. The number of carbonyl (C=O) groups is 1. The maximum absolute atomic E-state index is 14.1. The molecule has 3 N–H and O–H groups in total. The Bertz CT molecular complexity index is 1150. The molecule has 1 atom stereocenters. The van der Waals surface area contributed by atoms with E-state index in [-0.39, 0.29) is 30.9 Å². The minimum Gasteiger partial charge on any atom is -0.395 e. The van der Waals surface area contributed by atoms with Gasteiger partial charge in [-0.1, -0.05) is 33.8 Å². The van der Waals surface area contributed by atoms with Crippen molar-refractivity contribution < 1.29 is 19.0 Å². The zero-order chi connectivity index (χ0) is 27.4. The normalized spacial score (nSPS) is 13.6. The van der Waals surface area contributed by atoms with Crippen molar-refractivity contribution >= 4 is 28.4 Å². The van der Waals surface area contributed by atoms with Crippen molar-refractivity contribution in [3.8, 4) is 0 Å². The van der Waals surface area contributed by atoms with Crippen LogP contribution in [-0.2, 0) is 4.74 Å². The van der Waals surface area contributed by atoms with Crippen molar-refractivity contribution in [2.24, 2.45) is 0 Å². The van der Waals surface area contributed by atoms with Crippen LogP contribution in [0.2, 0.25) is 0 Å². The quantitative estimate of drug-likeness (QED) is 0.415. The fraction of sp³-hybridized carbons (Fsp3) is 0.464. The van der Waals surface area contributed by atoms with E-state index in [0.29, 0.717) is 41.1 Å². The maximum atomic E-state index is 14.1. The van der Waals surface area contributed by atoms with Gasteiger partial charge in [0.2, 0.25) is 0 Å². The van der Waals surface area contributed by atoms with Crippen molar-refractivity contribution in [2.45, 2.75) is 47.6 Å². The van der Waals surface area contributed by atoms with E-state index in [1.165, 1.54) is 6.07 Å². The van der Waals surface area contributed by atoms with Gasteiger partial charge in [0.25, 0.3) is 5.91 Å². The van der Waals surface area contributed by atoms with Crippen LogP contribution in [0.3, 0.4) is 0 Å². The first-order valence-electron chi connectivity index (χ1n) is 13.0. The van der Waals surface area contributed by atoms with Crippen LogP contribution in [0, 0.1) is 12.7 Å². The summed E-state index contributed by atoms with van der Waals surface area (Å²) in [6.45, 7) is 14.4. The molecular weight excluding hydrogens is 473 g/mol. The molecule has 0 saturated carbocycles. The smallest absolute Gasteiger partial charge is 0.251 e. The number of halogens is 1. The Morgan fingerprint density at radius 2 is 1.86 bits per heavy atom. The highest BCUT2D eigenvalue weighted by Gasteiger charge is 2.19. The molecule has 4 rings (SSSR count). The Balaban J connectivity index is 0.00000115. The molecule has 2 aromatic carbocycles. The molecule has 1 unspecified atom stereocenters. The first-order chi connectivity index (χ1) is 18.0. The summed E-state index contributed by atoms with van der Waals surface area (Å²) < 4.78 is 19.5. The Labute approximate surface area is 219 Å². The minimum atomic E-state index is -0.306. The van der Waals surface area contributed by atoms with Crippen LogP contribution in [0.4, 0.5) is 15.9 Å². The monoisotopic (exact) mass is 513 g/mol. The number of benzene rings is 2. The molecular formula is C28H40FN5O3. The summed E-state index contributed by atoms with van der Waals surface area (Å²) in [6, 6.07) is 8.18. The van der Waals surface area contributed by atoms with Gasteiger partial charge < -0.3 is 25.4 Å². The Kier molecular flexibility index (Phi) is 12.2. The molecule has 0 radical (unpaired) electrons. The van der Waals surface area contributed by atoms with Gasteiger partial charge in [0, 0.05) is 36.4 Å². The average Bonchev–Trinajstić information content (AvgIpc) is 2.95. The van der Waals surface area contributed by atoms with Gasteiger partial charge in [0.15, 0.2) is 0 Å². The lowest BCUT2D eigenvalue weighted by molar-refractivity contribution is 0.0944. The molecule has 1 aromatic heterocycles. The average molecular weight is 514 g/mol. The number of hydrogen-bond donors (Lipinski definition) is 3. The summed E-state index contributed by atoms with van der Waals surface area (Å²) in [5.41, 5.74) is 3.65. The second-order valence-corrected chi connectivity index (χ2v) is 8.07. The van der Waals surface area contributed by atoms with E-state index in [4.69, 9.17) is 14.8 Å². The fourth-order valence-electron chi connectivity index (χ4n) is 3.82. The number of amides is 1. The van der Waals surface area contributed by atoms with Gasteiger partial charge in [0.1, 0.15) is 11.6 Å². The van der Waals surface area contributed by atoms with Crippen LogP contribution in [0.5, 0.6) is 0 Å². The number of aliphatic hydroxyl groups is 1. The van der Waals surface area contributed by atoms with E-state index in [1.54, 1.807) is 31.3 Å². The largest absolute Gasteiger partial charge is 0.395 e. The molecule has 1 aliphatic heterocycles. The number of ether oxygens (including phenoxy) is 1. The third-order valence-corrected chi connectivity index (χ3v) is 5.68. The van der Waals surface area contributed by atoms with Crippen molar-refractivity contribution in [1.82, 2.24) is 15.3 Å². The van der Waals surface area contributed by atoms with Crippen LogP contribution in [-0.4, -0.2) is 60.4 Å². The molecule has 9 heteroatoms. The van der Waals surface area contributed by atoms with Crippen LogP contribution in [0.15, 0.2) is 36.5 Å². The molecule has 1 fully saturated rings. The second-order valence-electron chi connectivity index (χ2n) is 8.07. The van der Waals surface area contributed by atoms with Gasteiger partial charge in [-0.25, -0.2) is 9.37 Å². The van der Waals surface area contributed by atoms with Gasteiger partial charge in [-0.3, -0.25) is 9.78 Å². The lowest BCUT2D eigenvalue weighted by Gasteiger charge is -2.28. The number of carbonyl (C=O) groups excluding carboxylic acids is 1. The first kappa shape index (κ1) is 29.9. The molecule has 1 aliphatic rings. The summed E-state index contributed by atoms with van der Waals surface area (Å²) in [7, 11) is 0. The van der Waals surface area contributed by atoms with Crippen molar-refractivity contribution in [2.75, 3.05) is 49.7 Å². The zero-order valence-corrected chi connectivity index (χ0v) is 22.8. The lowest BCUT2D eigenvalue weighted by atomic mass is 10.0. The highest BCUT2D eigenvalue weighted by atomic mass is 19.1. The molecule has 2 heterocycles. The molecule has 0 bridgehead atoms. The topological polar surface area (TPSA) is 99.6 Å². The van der Waals surface area contributed by atoms with Gasteiger partial charge in [-0.05, 0) is 43.7 Å². The van der Waals surface area contributed by atoms with E-state index >= 15 is 0 Å². The SMILES string of the molecule is CC.CC.Cc1ccc(NC(C)c2cc(C(=O)NCCO)cc3ncc(N4CCOCC4)nc23)cc1F. The Morgan fingerprint density at radius 1 is 1.16 bits per heavy atom. The van der Waals surface area contributed by atoms with Gasteiger partial charge in [-0.2, -0.15) is 0 Å². The molecule has 1 amide bonds.